The smallest absolute Gasteiger partial charge is 0.119 e. The van der Waals surface area contributed by atoms with Gasteiger partial charge < -0.3 is 15.0 Å². The number of hydrogen-bond acceptors (Lipinski definition) is 3. The van der Waals surface area contributed by atoms with Crippen molar-refractivity contribution in [3.05, 3.63) is 29.3 Å². The number of nitrogens with one attached hydrogen (secondary N) is 1. The molecule has 2 unspecified atom stereocenters. The van der Waals surface area contributed by atoms with Crippen LogP contribution in [0.3, 0.4) is 0 Å². The molecule has 2 fully saturated rings. The van der Waals surface area contributed by atoms with Crippen molar-refractivity contribution in [3.63, 3.8) is 0 Å². The Morgan fingerprint density at radius 1 is 1.15 bits per heavy atom. The molecule has 2 saturated heterocycles. The zero-order valence-corrected chi connectivity index (χ0v) is 12.6. The predicted octanol–water partition coefficient (Wildman–Crippen LogP) is 2.94. The van der Waals surface area contributed by atoms with E-state index in [0.717, 1.165) is 42.4 Å². The third kappa shape index (κ3) is 3.87. The highest BCUT2D eigenvalue weighted by Gasteiger charge is 2.28. The van der Waals surface area contributed by atoms with E-state index in [0.29, 0.717) is 0 Å². The van der Waals surface area contributed by atoms with Gasteiger partial charge in [-0.1, -0.05) is 11.6 Å². The van der Waals surface area contributed by atoms with Crippen molar-refractivity contribution >= 4 is 11.6 Å². The molecule has 2 aliphatic rings. The second-order valence-corrected chi connectivity index (χ2v) is 6.32. The second kappa shape index (κ2) is 6.79. The van der Waals surface area contributed by atoms with Crippen molar-refractivity contribution in [3.8, 4) is 5.75 Å². The first-order valence-electron chi connectivity index (χ1n) is 7.66. The largest absolute Gasteiger partial charge is 0.494 e. The Morgan fingerprint density at radius 3 is 2.80 bits per heavy atom. The Morgan fingerprint density at radius 2 is 1.95 bits per heavy atom. The molecule has 0 aromatic heterocycles. The van der Waals surface area contributed by atoms with Gasteiger partial charge in [-0.25, -0.2) is 0 Å². The minimum Gasteiger partial charge on any atom is -0.494 e. The van der Waals surface area contributed by atoms with Crippen LogP contribution in [0.15, 0.2) is 24.3 Å². The molecule has 0 radical (unpaired) electrons. The lowest BCUT2D eigenvalue weighted by Crippen LogP contribution is -2.36. The molecule has 0 amide bonds. The van der Waals surface area contributed by atoms with Crippen molar-refractivity contribution in [2.24, 2.45) is 0 Å². The van der Waals surface area contributed by atoms with E-state index < -0.39 is 0 Å². The third-order valence-corrected chi connectivity index (χ3v) is 4.56. The number of nitrogens with zero attached hydrogens (tertiary/aromatic N) is 1. The van der Waals surface area contributed by atoms with E-state index in [-0.39, 0.29) is 0 Å². The van der Waals surface area contributed by atoms with Crippen LogP contribution in [0.1, 0.15) is 25.7 Å². The molecule has 2 atom stereocenters. The maximum Gasteiger partial charge on any atom is 0.119 e. The quantitative estimate of drug-likeness (QED) is 0.845. The number of halogens is 1. The van der Waals surface area contributed by atoms with E-state index in [2.05, 4.69) is 10.2 Å². The second-order valence-electron chi connectivity index (χ2n) is 5.88. The number of likely N-dealkylation sites (tertiary alicyclic amines) is 1. The fraction of sp³-hybridized carbons (Fsp3) is 0.625. The first-order valence-corrected chi connectivity index (χ1v) is 8.04. The van der Waals surface area contributed by atoms with E-state index in [1.807, 2.05) is 24.3 Å². The summed E-state index contributed by atoms with van der Waals surface area (Å²) in [7, 11) is 0. The van der Waals surface area contributed by atoms with E-state index >= 15 is 0 Å². The van der Waals surface area contributed by atoms with Crippen LogP contribution in [0.4, 0.5) is 0 Å². The Kier molecular flexibility index (Phi) is 4.81. The molecule has 2 bridgehead atoms. The van der Waals surface area contributed by atoms with Crippen LogP contribution in [0.5, 0.6) is 5.75 Å². The van der Waals surface area contributed by atoms with Crippen molar-refractivity contribution in [1.29, 1.82) is 0 Å². The zero-order chi connectivity index (χ0) is 13.8. The minimum absolute atomic E-state index is 0.722. The lowest BCUT2D eigenvalue weighted by Gasteiger charge is -2.23. The predicted molar refractivity (Wildman–Crippen MR) is 82.6 cm³/mol. The highest BCUT2D eigenvalue weighted by Crippen LogP contribution is 2.20. The SMILES string of the molecule is Clc1ccc(OCCCN2CCC3CCC(C2)N3)cc1. The summed E-state index contributed by atoms with van der Waals surface area (Å²) in [4.78, 5) is 2.59. The molecule has 3 rings (SSSR count). The molecule has 1 aromatic rings. The van der Waals surface area contributed by atoms with Crippen LogP contribution >= 0.6 is 11.6 Å². The number of ether oxygens (including phenoxy) is 1. The van der Waals surface area contributed by atoms with E-state index in [1.165, 1.54) is 32.4 Å². The first kappa shape index (κ1) is 14.2. The molecule has 2 aliphatic heterocycles. The van der Waals surface area contributed by atoms with Gasteiger partial charge >= 0.3 is 0 Å². The fourth-order valence-electron chi connectivity index (χ4n) is 3.23. The number of rotatable bonds is 5. The highest BCUT2D eigenvalue weighted by atomic mass is 35.5. The molecule has 4 heteroatoms. The minimum atomic E-state index is 0.722. The van der Waals surface area contributed by atoms with Gasteiger partial charge in [0.1, 0.15) is 5.75 Å². The van der Waals surface area contributed by atoms with E-state index in [4.69, 9.17) is 16.3 Å². The van der Waals surface area contributed by atoms with Crippen LogP contribution in [0.2, 0.25) is 5.02 Å². The van der Waals surface area contributed by atoms with Gasteiger partial charge in [-0.3, -0.25) is 0 Å². The van der Waals surface area contributed by atoms with Gasteiger partial charge in [-0.2, -0.15) is 0 Å². The third-order valence-electron chi connectivity index (χ3n) is 4.31. The van der Waals surface area contributed by atoms with Crippen molar-refractivity contribution in [2.45, 2.75) is 37.8 Å². The molecule has 0 spiro atoms. The normalized spacial score (nSPS) is 26.4. The van der Waals surface area contributed by atoms with Crippen LogP contribution in [-0.2, 0) is 0 Å². The average Bonchev–Trinajstić information content (AvgIpc) is 2.78. The maximum absolute atomic E-state index is 5.85. The molecule has 3 nitrogen and oxygen atoms in total. The molecule has 110 valence electrons. The summed E-state index contributed by atoms with van der Waals surface area (Å²) in [6.45, 7) is 4.35. The monoisotopic (exact) mass is 294 g/mol. The van der Waals surface area contributed by atoms with Crippen LogP contribution < -0.4 is 10.1 Å². The summed E-state index contributed by atoms with van der Waals surface area (Å²) >= 11 is 5.85. The molecule has 0 saturated carbocycles. The fourth-order valence-corrected chi connectivity index (χ4v) is 3.35. The van der Waals surface area contributed by atoms with Gasteiger partial charge in [0.05, 0.1) is 6.61 Å². The van der Waals surface area contributed by atoms with Crippen molar-refractivity contribution in [1.82, 2.24) is 10.2 Å². The average molecular weight is 295 g/mol. The Hall–Kier alpha value is -0.770. The first-order chi connectivity index (χ1) is 9.79. The Labute approximate surface area is 126 Å². The number of hydrogen-bond donors (Lipinski definition) is 1. The summed E-state index contributed by atoms with van der Waals surface area (Å²) in [5.41, 5.74) is 0. The van der Waals surface area contributed by atoms with Gasteiger partial charge in [0.2, 0.25) is 0 Å². The molecule has 2 heterocycles. The summed E-state index contributed by atoms with van der Waals surface area (Å²) in [5.74, 6) is 0.908. The Balaban J connectivity index is 1.36. The molecular formula is C16H23ClN2O. The lowest BCUT2D eigenvalue weighted by molar-refractivity contribution is 0.225. The summed E-state index contributed by atoms with van der Waals surface area (Å²) in [6, 6.07) is 9.09. The standard InChI is InChI=1S/C16H23ClN2O/c17-13-2-6-16(7-3-13)20-11-1-9-19-10-8-14-4-5-15(12-19)18-14/h2-3,6-7,14-15,18H,1,4-5,8-12H2. The number of fused-ring (bicyclic) bond motifs is 2. The summed E-state index contributed by atoms with van der Waals surface area (Å²) < 4.78 is 5.74. The van der Waals surface area contributed by atoms with Crippen LogP contribution in [0.25, 0.3) is 0 Å². The number of benzene rings is 1. The zero-order valence-electron chi connectivity index (χ0n) is 11.9. The topological polar surface area (TPSA) is 24.5 Å². The molecular weight excluding hydrogens is 272 g/mol. The maximum atomic E-state index is 5.85. The lowest BCUT2D eigenvalue weighted by atomic mass is 10.1. The summed E-state index contributed by atoms with van der Waals surface area (Å²) in [6.07, 6.45) is 5.11. The Bertz CT molecular complexity index is 423. The molecule has 1 N–H and O–H groups in total. The van der Waals surface area contributed by atoms with E-state index in [9.17, 15) is 0 Å². The van der Waals surface area contributed by atoms with Gasteiger partial charge in [0.25, 0.3) is 0 Å². The molecule has 1 aromatic carbocycles. The summed E-state index contributed by atoms with van der Waals surface area (Å²) in [5, 5.41) is 4.47. The molecule has 20 heavy (non-hydrogen) atoms. The highest BCUT2D eigenvalue weighted by molar-refractivity contribution is 6.30. The van der Waals surface area contributed by atoms with Gasteiger partial charge in [-0.15, -0.1) is 0 Å². The van der Waals surface area contributed by atoms with Gasteiger partial charge in [0, 0.05) is 30.2 Å². The van der Waals surface area contributed by atoms with E-state index in [1.54, 1.807) is 0 Å². The van der Waals surface area contributed by atoms with Gasteiger partial charge in [-0.05, 0) is 56.5 Å². The van der Waals surface area contributed by atoms with Crippen LogP contribution in [-0.4, -0.2) is 43.2 Å². The van der Waals surface area contributed by atoms with Crippen molar-refractivity contribution < 1.29 is 4.74 Å². The molecule has 0 aliphatic carbocycles. The van der Waals surface area contributed by atoms with Gasteiger partial charge in [0.15, 0.2) is 0 Å². The van der Waals surface area contributed by atoms with Crippen molar-refractivity contribution in [2.75, 3.05) is 26.2 Å². The van der Waals surface area contributed by atoms with Crippen LogP contribution in [0, 0.1) is 0 Å².